The van der Waals surface area contributed by atoms with E-state index < -0.39 is 0 Å². The predicted molar refractivity (Wildman–Crippen MR) is 41.2 cm³/mol. The molecule has 0 nitrogen and oxygen atoms in total. The summed E-state index contributed by atoms with van der Waals surface area (Å²) in [6.45, 7) is 3.45. The van der Waals surface area contributed by atoms with Gasteiger partial charge >= 0.3 is 0 Å². The summed E-state index contributed by atoms with van der Waals surface area (Å²) in [7, 11) is 0. The topological polar surface area (TPSA) is 0 Å². The maximum atomic E-state index is 12.3. The van der Waals surface area contributed by atoms with Gasteiger partial charge in [-0.3, -0.25) is 4.39 Å². The molecule has 0 atom stereocenters. The van der Waals surface area contributed by atoms with Gasteiger partial charge in [-0.05, 0) is 0 Å². The van der Waals surface area contributed by atoms with Crippen LogP contribution in [0, 0.1) is 12.7 Å². The Morgan fingerprint density at radius 3 is 2.00 bits per heavy atom. The molecule has 0 unspecified atom stereocenters. The zero-order valence-corrected chi connectivity index (χ0v) is 10.2. The van der Waals surface area contributed by atoms with Crippen LogP contribution < -0.4 is 0 Å². The molecule has 0 N–H and O–H groups in total. The van der Waals surface area contributed by atoms with Crippen molar-refractivity contribution in [3.05, 3.63) is 42.6 Å². The summed E-state index contributed by atoms with van der Waals surface area (Å²) in [5.41, 5.74) is 0.451. The first-order valence-electron chi connectivity index (χ1n) is 2.37. The fourth-order valence-corrected chi connectivity index (χ4v) is 0.498. The van der Waals surface area contributed by atoms with Crippen LogP contribution in [0.1, 0.15) is 5.56 Å². The first-order chi connectivity index (χ1) is 3.80. The molecule has 52 valence electrons. The van der Waals surface area contributed by atoms with E-state index in [1.165, 1.54) is 6.07 Å². The molecule has 0 saturated carbocycles. The second-order valence-electron chi connectivity index (χ2n) is 1.59. The largest absolute Gasteiger partial charge is 0.284 e. The van der Waals surface area contributed by atoms with Crippen molar-refractivity contribution in [2.45, 2.75) is 0 Å². The quantitative estimate of drug-likeness (QED) is 0.494. The molecule has 0 amide bonds. The summed E-state index contributed by atoms with van der Waals surface area (Å²) in [5.74, 6) is -0.243. The van der Waals surface area contributed by atoms with E-state index in [2.05, 4.69) is 6.92 Å². The summed E-state index contributed by atoms with van der Waals surface area (Å²) in [5, 5.41) is 0. The van der Waals surface area contributed by atoms with Gasteiger partial charge in [-0.25, -0.2) is 0 Å². The van der Waals surface area contributed by atoms with Crippen molar-refractivity contribution < 1.29 is 23.9 Å². The van der Waals surface area contributed by atoms with E-state index >= 15 is 0 Å². The van der Waals surface area contributed by atoms with Crippen LogP contribution in [-0.2, 0) is 19.5 Å². The summed E-state index contributed by atoms with van der Waals surface area (Å²) in [6.07, 6.45) is 0. The zero-order chi connectivity index (χ0) is 5.98. The number of rotatable bonds is 0. The van der Waals surface area contributed by atoms with Gasteiger partial charge in [0.05, 0.1) is 0 Å². The molecule has 0 aromatic heterocycles. The molecule has 0 fully saturated rings. The van der Waals surface area contributed by atoms with E-state index in [9.17, 15) is 4.39 Å². The van der Waals surface area contributed by atoms with Gasteiger partial charge in [0.15, 0.2) is 0 Å². The van der Waals surface area contributed by atoms with E-state index in [0.717, 1.165) is 0 Å². The molecule has 0 aliphatic carbocycles. The molecule has 1 aromatic rings. The molecule has 0 saturated heterocycles. The van der Waals surface area contributed by atoms with Gasteiger partial charge in [0, 0.05) is 25.3 Å². The van der Waals surface area contributed by atoms with Crippen molar-refractivity contribution in [3.63, 3.8) is 0 Å². The Kier molecular flexibility index (Phi) is 7.50. The molecule has 3 heteroatoms. The average Bonchev–Trinajstić information content (AvgIpc) is 1.77. The van der Waals surface area contributed by atoms with Crippen LogP contribution in [0.25, 0.3) is 0 Å². The number of hydrogen-bond donors (Lipinski definition) is 0. The van der Waals surface area contributed by atoms with E-state index in [4.69, 9.17) is 0 Å². The molecular weight excluding hydrogens is 248 g/mol. The molecule has 0 radical (unpaired) electrons. The van der Waals surface area contributed by atoms with Gasteiger partial charge in [0.1, 0.15) is 0 Å². The van der Waals surface area contributed by atoms with Gasteiger partial charge < -0.3 is 0 Å². The minimum atomic E-state index is -0.243. The SMILES string of the molecule is Br.[CH2-]c1ccccc1F.[Zn]. The second kappa shape index (κ2) is 5.87. The maximum absolute atomic E-state index is 12.3. The monoisotopic (exact) mass is 253 g/mol. The van der Waals surface area contributed by atoms with Gasteiger partial charge in [-0.15, -0.1) is 23.0 Å². The smallest absolute Gasteiger partial charge is 0.0157 e. The van der Waals surface area contributed by atoms with E-state index in [-0.39, 0.29) is 42.3 Å². The Hall–Kier alpha value is 0.123. The number of benzene rings is 1. The minimum Gasteiger partial charge on any atom is -0.284 e. The average molecular weight is 255 g/mol. The third kappa shape index (κ3) is 3.33. The molecule has 0 spiro atoms. The Labute approximate surface area is 83.4 Å². The molecule has 1 rings (SSSR count). The maximum Gasteiger partial charge on any atom is 0.0157 e. The summed E-state index contributed by atoms with van der Waals surface area (Å²) >= 11 is 0. The Bertz CT molecular complexity index is 170. The van der Waals surface area contributed by atoms with Crippen LogP contribution in [0.3, 0.4) is 0 Å². The fourth-order valence-electron chi connectivity index (χ4n) is 0.498. The van der Waals surface area contributed by atoms with E-state index in [1.54, 1.807) is 18.2 Å². The van der Waals surface area contributed by atoms with E-state index in [1.807, 2.05) is 0 Å². The van der Waals surface area contributed by atoms with E-state index in [0.29, 0.717) is 5.56 Å². The van der Waals surface area contributed by atoms with Gasteiger partial charge in [0.2, 0.25) is 0 Å². The predicted octanol–water partition coefficient (Wildman–Crippen LogP) is 2.58. The van der Waals surface area contributed by atoms with Crippen molar-refractivity contribution in [1.82, 2.24) is 0 Å². The molecule has 0 bridgehead atoms. The third-order valence-corrected chi connectivity index (χ3v) is 0.958. The molecule has 10 heavy (non-hydrogen) atoms. The van der Waals surface area contributed by atoms with Crippen molar-refractivity contribution in [3.8, 4) is 0 Å². The molecule has 1 aromatic carbocycles. The first-order valence-corrected chi connectivity index (χ1v) is 2.37. The van der Waals surface area contributed by atoms with Crippen LogP contribution in [-0.4, -0.2) is 0 Å². The van der Waals surface area contributed by atoms with Crippen molar-refractivity contribution in [2.75, 3.05) is 0 Å². The number of hydrogen-bond acceptors (Lipinski definition) is 0. The summed E-state index contributed by atoms with van der Waals surface area (Å²) in [6, 6.07) is 6.42. The van der Waals surface area contributed by atoms with Crippen LogP contribution >= 0.6 is 17.0 Å². The summed E-state index contributed by atoms with van der Waals surface area (Å²) in [4.78, 5) is 0. The Morgan fingerprint density at radius 1 is 1.20 bits per heavy atom. The van der Waals surface area contributed by atoms with Gasteiger partial charge in [-0.2, -0.15) is 18.6 Å². The van der Waals surface area contributed by atoms with Gasteiger partial charge in [-0.1, -0.05) is 12.1 Å². The Balaban J connectivity index is 0. The molecule has 0 aliphatic rings. The van der Waals surface area contributed by atoms with Crippen LogP contribution in [0.15, 0.2) is 24.3 Å². The standard InChI is InChI=1S/C7H6F.BrH.Zn/c1-6-4-2-3-5-7(6)8;;/h2-5H,1H2;1H;/q-1;;. The van der Waals surface area contributed by atoms with Gasteiger partial charge in [0.25, 0.3) is 0 Å². The van der Waals surface area contributed by atoms with Crippen LogP contribution in [0.2, 0.25) is 0 Å². The Morgan fingerprint density at radius 2 is 1.70 bits per heavy atom. The third-order valence-electron chi connectivity index (χ3n) is 0.958. The molecule has 0 heterocycles. The van der Waals surface area contributed by atoms with Crippen molar-refractivity contribution in [2.24, 2.45) is 0 Å². The fraction of sp³-hybridized carbons (Fsp3) is 0. The minimum absolute atomic E-state index is 0. The molecule has 0 aliphatic heterocycles. The molecular formula is C7H7BrFZn-. The van der Waals surface area contributed by atoms with Crippen LogP contribution in [0.5, 0.6) is 0 Å². The van der Waals surface area contributed by atoms with Crippen LogP contribution in [0.4, 0.5) is 4.39 Å². The van der Waals surface area contributed by atoms with Crippen molar-refractivity contribution >= 4 is 17.0 Å². The first kappa shape index (κ1) is 12.8. The normalized spacial score (nSPS) is 7.30. The zero-order valence-electron chi connectivity index (χ0n) is 5.51. The number of halogens is 2. The summed E-state index contributed by atoms with van der Waals surface area (Å²) < 4.78 is 12.3. The second-order valence-corrected chi connectivity index (χ2v) is 1.59. The van der Waals surface area contributed by atoms with Crippen molar-refractivity contribution in [1.29, 1.82) is 0 Å².